The fraction of sp³-hybridized carbons (Fsp3) is 0.231. The number of hydrogen-bond donors (Lipinski definition) is 1. The van der Waals surface area contributed by atoms with Gasteiger partial charge in [0.25, 0.3) is 0 Å². The number of thiophene rings is 1. The molecule has 2 rings (SSSR count). The van der Waals surface area contributed by atoms with Crippen molar-refractivity contribution in [1.29, 1.82) is 0 Å². The highest BCUT2D eigenvalue weighted by atomic mass is 32.2. The lowest BCUT2D eigenvalue weighted by Crippen LogP contribution is -2.02. The van der Waals surface area contributed by atoms with Crippen molar-refractivity contribution in [3.63, 3.8) is 0 Å². The normalized spacial score (nSPS) is 10.6. The number of rotatable bonds is 4. The summed E-state index contributed by atoms with van der Waals surface area (Å²) in [6.07, 6.45) is 0.963. The molecular weight excluding hydrogens is 234 g/mol. The van der Waals surface area contributed by atoms with Crippen LogP contribution in [0, 0.1) is 6.92 Å². The van der Waals surface area contributed by atoms with Crippen LogP contribution in [0.25, 0.3) is 0 Å². The summed E-state index contributed by atoms with van der Waals surface area (Å²) in [7, 11) is 0. The Morgan fingerprint density at radius 1 is 1.31 bits per heavy atom. The lowest BCUT2D eigenvalue weighted by Gasteiger charge is -2.06. The molecule has 1 aromatic heterocycles. The molecule has 0 aliphatic heterocycles. The maximum Gasteiger partial charge on any atom is 0.0646 e. The van der Waals surface area contributed by atoms with E-state index in [4.69, 9.17) is 5.73 Å². The molecule has 0 amide bonds. The summed E-state index contributed by atoms with van der Waals surface area (Å²) < 4.78 is 1.34. The molecule has 0 fully saturated rings. The van der Waals surface area contributed by atoms with E-state index in [1.54, 1.807) is 11.3 Å². The van der Waals surface area contributed by atoms with Gasteiger partial charge < -0.3 is 5.73 Å². The first-order valence-corrected chi connectivity index (χ1v) is 7.00. The Balaban J connectivity index is 2.16. The van der Waals surface area contributed by atoms with E-state index in [-0.39, 0.29) is 0 Å². The zero-order valence-corrected chi connectivity index (χ0v) is 10.9. The molecule has 0 bridgehead atoms. The van der Waals surface area contributed by atoms with E-state index in [0.29, 0.717) is 0 Å². The van der Waals surface area contributed by atoms with Gasteiger partial charge in [-0.25, -0.2) is 0 Å². The SMILES string of the molecule is Cc1cc(CCN)ccc1Sc1cccs1. The third kappa shape index (κ3) is 2.88. The maximum atomic E-state index is 5.55. The van der Waals surface area contributed by atoms with Crippen LogP contribution in [0.2, 0.25) is 0 Å². The van der Waals surface area contributed by atoms with Gasteiger partial charge >= 0.3 is 0 Å². The van der Waals surface area contributed by atoms with Crippen LogP contribution in [0.4, 0.5) is 0 Å². The van der Waals surface area contributed by atoms with Crippen molar-refractivity contribution >= 4 is 23.1 Å². The Morgan fingerprint density at radius 3 is 2.81 bits per heavy atom. The second-order valence-electron chi connectivity index (χ2n) is 3.67. The summed E-state index contributed by atoms with van der Waals surface area (Å²) in [6, 6.07) is 10.9. The molecule has 0 atom stereocenters. The first-order valence-electron chi connectivity index (χ1n) is 5.30. The summed E-state index contributed by atoms with van der Waals surface area (Å²) in [5.41, 5.74) is 8.22. The van der Waals surface area contributed by atoms with Crippen LogP contribution in [0.15, 0.2) is 44.8 Å². The largest absolute Gasteiger partial charge is 0.330 e. The highest BCUT2D eigenvalue weighted by molar-refractivity contribution is 8.01. The highest BCUT2D eigenvalue weighted by Gasteiger charge is 2.03. The highest BCUT2D eigenvalue weighted by Crippen LogP contribution is 2.33. The van der Waals surface area contributed by atoms with Gasteiger partial charge in [0.15, 0.2) is 0 Å². The van der Waals surface area contributed by atoms with Gasteiger partial charge in [0.2, 0.25) is 0 Å². The Bertz CT molecular complexity index is 449. The van der Waals surface area contributed by atoms with Crippen LogP contribution in [0.3, 0.4) is 0 Å². The molecule has 2 aromatic rings. The Labute approximate surface area is 105 Å². The van der Waals surface area contributed by atoms with E-state index in [1.807, 2.05) is 11.8 Å². The fourth-order valence-electron chi connectivity index (χ4n) is 1.58. The van der Waals surface area contributed by atoms with Crippen LogP contribution < -0.4 is 5.73 Å². The minimum absolute atomic E-state index is 0.719. The van der Waals surface area contributed by atoms with E-state index < -0.39 is 0 Å². The van der Waals surface area contributed by atoms with Crippen molar-refractivity contribution in [3.8, 4) is 0 Å². The molecule has 2 N–H and O–H groups in total. The minimum atomic E-state index is 0.719. The summed E-state index contributed by atoms with van der Waals surface area (Å²) in [5, 5.41) is 2.11. The average molecular weight is 249 g/mol. The molecule has 1 nitrogen and oxygen atoms in total. The van der Waals surface area contributed by atoms with E-state index in [9.17, 15) is 0 Å². The van der Waals surface area contributed by atoms with Crippen molar-refractivity contribution in [1.82, 2.24) is 0 Å². The first kappa shape index (κ1) is 11.7. The maximum absolute atomic E-state index is 5.55. The topological polar surface area (TPSA) is 26.0 Å². The standard InChI is InChI=1S/C13H15NS2/c1-10-9-11(6-7-14)4-5-12(10)16-13-3-2-8-15-13/h2-5,8-9H,6-7,14H2,1H3. The summed E-state index contributed by atoms with van der Waals surface area (Å²) in [4.78, 5) is 1.34. The Morgan fingerprint density at radius 2 is 2.19 bits per heavy atom. The van der Waals surface area contributed by atoms with Crippen LogP contribution in [0.1, 0.15) is 11.1 Å². The molecule has 0 saturated heterocycles. The summed E-state index contributed by atoms with van der Waals surface area (Å²) >= 11 is 3.62. The lowest BCUT2D eigenvalue weighted by atomic mass is 10.1. The molecule has 84 valence electrons. The third-order valence-electron chi connectivity index (χ3n) is 2.38. The number of benzene rings is 1. The molecule has 0 aliphatic carbocycles. The fourth-order valence-corrected chi connectivity index (χ4v) is 3.37. The zero-order valence-electron chi connectivity index (χ0n) is 9.27. The van der Waals surface area contributed by atoms with Gasteiger partial charge in [0, 0.05) is 4.90 Å². The second-order valence-corrected chi connectivity index (χ2v) is 5.96. The quantitative estimate of drug-likeness (QED) is 0.894. The van der Waals surface area contributed by atoms with Gasteiger partial charge in [-0.2, -0.15) is 0 Å². The molecular formula is C13H15NS2. The van der Waals surface area contributed by atoms with Gasteiger partial charge in [-0.05, 0) is 48.5 Å². The third-order valence-corrected chi connectivity index (χ3v) is 4.59. The van der Waals surface area contributed by atoms with Gasteiger partial charge in [-0.15, -0.1) is 11.3 Å². The van der Waals surface area contributed by atoms with Gasteiger partial charge in [-0.1, -0.05) is 30.0 Å². The predicted molar refractivity (Wildman–Crippen MR) is 72.4 cm³/mol. The van der Waals surface area contributed by atoms with Crippen molar-refractivity contribution in [3.05, 3.63) is 46.8 Å². The molecule has 0 unspecified atom stereocenters. The molecule has 0 radical (unpaired) electrons. The summed E-state index contributed by atoms with van der Waals surface area (Å²) in [5.74, 6) is 0. The van der Waals surface area contributed by atoms with Gasteiger partial charge in [0.1, 0.15) is 0 Å². The van der Waals surface area contributed by atoms with Gasteiger partial charge in [0.05, 0.1) is 4.21 Å². The van der Waals surface area contributed by atoms with Crippen molar-refractivity contribution in [2.45, 2.75) is 22.4 Å². The van der Waals surface area contributed by atoms with Crippen molar-refractivity contribution in [2.75, 3.05) is 6.54 Å². The molecule has 3 heteroatoms. The number of hydrogen-bond acceptors (Lipinski definition) is 3. The molecule has 0 spiro atoms. The Kier molecular flexibility index (Phi) is 4.04. The summed E-state index contributed by atoms with van der Waals surface area (Å²) in [6.45, 7) is 2.88. The molecule has 0 aliphatic rings. The molecule has 0 saturated carbocycles. The number of aryl methyl sites for hydroxylation is 1. The van der Waals surface area contributed by atoms with E-state index in [2.05, 4.69) is 42.6 Å². The number of nitrogens with two attached hydrogens (primary N) is 1. The second kappa shape index (κ2) is 5.53. The lowest BCUT2D eigenvalue weighted by molar-refractivity contribution is 0.963. The van der Waals surface area contributed by atoms with E-state index in [1.165, 1.54) is 20.2 Å². The van der Waals surface area contributed by atoms with Crippen LogP contribution in [-0.4, -0.2) is 6.54 Å². The van der Waals surface area contributed by atoms with Crippen LogP contribution >= 0.6 is 23.1 Å². The first-order chi connectivity index (χ1) is 7.79. The van der Waals surface area contributed by atoms with Gasteiger partial charge in [-0.3, -0.25) is 0 Å². The van der Waals surface area contributed by atoms with Crippen LogP contribution in [0.5, 0.6) is 0 Å². The van der Waals surface area contributed by atoms with Crippen LogP contribution in [-0.2, 0) is 6.42 Å². The predicted octanol–water partition coefficient (Wildman–Crippen LogP) is 3.71. The smallest absolute Gasteiger partial charge is 0.0646 e. The molecule has 1 heterocycles. The molecule has 1 aromatic carbocycles. The zero-order chi connectivity index (χ0) is 11.4. The van der Waals surface area contributed by atoms with E-state index >= 15 is 0 Å². The van der Waals surface area contributed by atoms with E-state index in [0.717, 1.165) is 13.0 Å². The minimum Gasteiger partial charge on any atom is -0.330 e. The molecule has 16 heavy (non-hydrogen) atoms. The van der Waals surface area contributed by atoms with Crippen molar-refractivity contribution < 1.29 is 0 Å². The average Bonchev–Trinajstić information content (AvgIpc) is 2.75. The van der Waals surface area contributed by atoms with Crippen molar-refractivity contribution in [2.24, 2.45) is 5.73 Å². The Hall–Kier alpha value is -0.770. The monoisotopic (exact) mass is 249 g/mol.